The maximum Gasteiger partial charge on any atom is 0.331 e. The van der Waals surface area contributed by atoms with Crippen LogP contribution in [0, 0.1) is 0 Å². The molecule has 0 rings (SSSR count). The van der Waals surface area contributed by atoms with E-state index in [-0.39, 0.29) is 0 Å². The standard InChI is InChI=1S/C30H64O2Si/c1-5-7-9-11-12-13-14-15-16-17-18-19-20-21-22-23-24-25-26-28-30-32-33(3,4)31-29-27-10-8-6-2/h5-30H2,1-4H3. The van der Waals surface area contributed by atoms with Crippen LogP contribution in [0.15, 0.2) is 0 Å². The highest BCUT2D eigenvalue weighted by Crippen LogP contribution is 2.15. The molecule has 0 aliphatic carbocycles. The first kappa shape index (κ1) is 33.1. The van der Waals surface area contributed by atoms with Gasteiger partial charge in [-0.2, -0.15) is 0 Å². The van der Waals surface area contributed by atoms with E-state index in [4.69, 9.17) is 8.85 Å². The molecule has 0 aliphatic rings. The summed E-state index contributed by atoms with van der Waals surface area (Å²) in [6.07, 6.45) is 33.7. The molecule has 0 aromatic rings. The van der Waals surface area contributed by atoms with E-state index in [1.54, 1.807) is 0 Å². The zero-order chi connectivity index (χ0) is 24.3. The van der Waals surface area contributed by atoms with Crippen LogP contribution in [0.5, 0.6) is 0 Å². The van der Waals surface area contributed by atoms with Gasteiger partial charge in [0, 0.05) is 13.2 Å². The van der Waals surface area contributed by atoms with Crippen LogP contribution in [0.2, 0.25) is 13.1 Å². The lowest BCUT2D eigenvalue weighted by molar-refractivity contribution is 0.173. The van der Waals surface area contributed by atoms with Crippen molar-refractivity contribution >= 4 is 8.56 Å². The quantitative estimate of drug-likeness (QED) is 0.0811. The second-order valence-electron chi connectivity index (χ2n) is 10.9. The Kier molecular flexibility index (Phi) is 26.8. The topological polar surface area (TPSA) is 18.5 Å². The Labute approximate surface area is 211 Å². The maximum atomic E-state index is 6.09. The number of hydrogen-bond acceptors (Lipinski definition) is 2. The largest absolute Gasteiger partial charge is 0.395 e. The lowest BCUT2D eigenvalue weighted by atomic mass is 10.0. The molecule has 33 heavy (non-hydrogen) atoms. The van der Waals surface area contributed by atoms with Crippen molar-refractivity contribution in [3.63, 3.8) is 0 Å². The van der Waals surface area contributed by atoms with E-state index in [1.807, 2.05) is 0 Å². The summed E-state index contributed by atoms with van der Waals surface area (Å²) >= 11 is 0. The SMILES string of the molecule is CCCCCCCCCCCCCCCCCCCCCCO[Si](C)(C)OCCCCCC. The average Bonchev–Trinajstić information content (AvgIpc) is 2.80. The minimum Gasteiger partial charge on any atom is -0.395 e. The molecule has 0 heterocycles. The summed E-state index contributed by atoms with van der Waals surface area (Å²) in [6.45, 7) is 10.7. The zero-order valence-corrected chi connectivity index (χ0v) is 24.7. The van der Waals surface area contributed by atoms with E-state index in [0.29, 0.717) is 0 Å². The van der Waals surface area contributed by atoms with Crippen molar-refractivity contribution in [2.24, 2.45) is 0 Å². The molecule has 0 saturated carbocycles. The van der Waals surface area contributed by atoms with Crippen LogP contribution in [0.4, 0.5) is 0 Å². The predicted octanol–water partition coefficient (Wildman–Crippen LogP) is 11.1. The van der Waals surface area contributed by atoms with Crippen molar-refractivity contribution < 1.29 is 8.85 Å². The van der Waals surface area contributed by atoms with Gasteiger partial charge in [0.25, 0.3) is 0 Å². The van der Waals surface area contributed by atoms with E-state index in [9.17, 15) is 0 Å². The fraction of sp³-hybridized carbons (Fsp3) is 1.00. The number of hydrogen-bond donors (Lipinski definition) is 0. The molecule has 0 unspecified atom stereocenters. The van der Waals surface area contributed by atoms with Gasteiger partial charge in [0.05, 0.1) is 0 Å². The third-order valence-electron chi connectivity index (χ3n) is 6.90. The van der Waals surface area contributed by atoms with Crippen LogP contribution in [-0.4, -0.2) is 21.8 Å². The van der Waals surface area contributed by atoms with Crippen LogP contribution in [0.25, 0.3) is 0 Å². The molecule has 0 bridgehead atoms. The fourth-order valence-electron chi connectivity index (χ4n) is 4.56. The van der Waals surface area contributed by atoms with Gasteiger partial charge >= 0.3 is 8.56 Å². The Morgan fingerprint density at radius 3 is 0.818 bits per heavy atom. The van der Waals surface area contributed by atoms with E-state index < -0.39 is 8.56 Å². The van der Waals surface area contributed by atoms with Crippen LogP contribution < -0.4 is 0 Å². The van der Waals surface area contributed by atoms with Crippen molar-refractivity contribution in [2.45, 2.75) is 181 Å². The molecular formula is C30H64O2Si. The van der Waals surface area contributed by atoms with Crippen LogP contribution >= 0.6 is 0 Å². The highest BCUT2D eigenvalue weighted by molar-refractivity contribution is 6.64. The monoisotopic (exact) mass is 484 g/mol. The second kappa shape index (κ2) is 26.7. The van der Waals surface area contributed by atoms with Gasteiger partial charge < -0.3 is 8.85 Å². The van der Waals surface area contributed by atoms with E-state index in [0.717, 1.165) is 13.2 Å². The molecule has 3 heteroatoms. The fourth-order valence-corrected chi connectivity index (χ4v) is 5.92. The molecule has 0 aromatic heterocycles. The highest BCUT2D eigenvalue weighted by Gasteiger charge is 2.23. The molecule has 0 spiro atoms. The minimum absolute atomic E-state index is 0.887. The summed E-state index contributed by atoms with van der Waals surface area (Å²) in [6, 6.07) is 0. The lowest BCUT2D eigenvalue weighted by Gasteiger charge is -2.22. The van der Waals surface area contributed by atoms with Crippen molar-refractivity contribution in [3.05, 3.63) is 0 Å². The molecule has 200 valence electrons. The maximum absolute atomic E-state index is 6.09. The minimum atomic E-state index is -1.88. The van der Waals surface area contributed by atoms with Crippen molar-refractivity contribution in [3.8, 4) is 0 Å². The Balaban J connectivity index is 3.18. The van der Waals surface area contributed by atoms with Gasteiger partial charge in [-0.1, -0.05) is 155 Å². The van der Waals surface area contributed by atoms with E-state index in [1.165, 1.54) is 154 Å². The molecule has 0 N–H and O–H groups in total. The molecule has 0 atom stereocenters. The van der Waals surface area contributed by atoms with Gasteiger partial charge in [0.1, 0.15) is 0 Å². The number of unbranched alkanes of at least 4 members (excludes halogenated alkanes) is 22. The molecule has 0 aromatic carbocycles. The third-order valence-corrected chi connectivity index (χ3v) is 8.69. The summed E-state index contributed by atoms with van der Waals surface area (Å²) < 4.78 is 12.1. The smallest absolute Gasteiger partial charge is 0.331 e. The first-order valence-electron chi connectivity index (χ1n) is 15.4. The molecular weight excluding hydrogens is 420 g/mol. The van der Waals surface area contributed by atoms with Crippen molar-refractivity contribution in [2.75, 3.05) is 13.2 Å². The Hall–Kier alpha value is 0.137. The summed E-state index contributed by atoms with van der Waals surface area (Å²) in [5, 5.41) is 0. The van der Waals surface area contributed by atoms with Gasteiger partial charge in [-0.25, -0.2) is 0 Å². The summed E-state index contributed by atoms with van der Waals surface area (Å²) in [5.74, 6) is 0. The van der Waals surface area contributed by atoms with Crippen LogP contribution in [-0.2, 0) is 8.85 Å². The van der Waals surface area contributed by atoms with Crippen molar-refractivity contribution in [1.29, 1.82) is 0 Å². The zero-order valence-electron chi connectivity index (χ0n) is 23.7. The first-order chi connectivity index (χ1) is 16.1. The average molecular weight is 485 g/mol. The Bertz CT molecular complexity index is 359. The molecule has 0 aliphatic heterocycles. The van der Waals surface area contributed by atoms with Gasteiger partial charge in [0.15, 0.2) is 0 Å². The van der Waals surface area contributed by atoms with Gasteiger partial charge in [0.2, 0.25) is 0 Å². The molecule has 0 fully saturated rings. The van der Waals surface area contributed by atoms with E-state index in [2.05, 4.69) is 26.9 Å². The number of rotatable bonds is 28. The van der Waals surface area contributed by atoms with Gasteiger partial charge in [-0.05, 0) is 25.9 Å². The van der Waals surface area contributed by atoms with Gasteiger partial charge in [-0.3, -0.25) is 0 Å². The molecule has 2 nitrogen and oxygen atoms in total. The van der Waals surface area contributed by atoms with Crippen LogP contribution in [0.3, 0.4) is 0 Å². The third kappa shape index (κ3) is 28.3. The summed E-state index contributed by atoms with van der Waals surface area (Å²) in [5.41, 5.74) is 0. The lowest BCUT2D eigenvalue weighted by Crippen LogP contribution is -2.35. The summed E-state index contributed by atoms with van der Waals surface area (Å²) in [4.78, 5) is 0. The second-order valence-corrected chi connectivity index (χ2v) is 14.3. The molecule has 0 amide bonds. The van der Waals surface area contributed by atoms with Crippen LogP contribution in [0.1, 0.15) is 168 Å². The van der Waals surface area contributed by atoms with Crippen molar-refractivity contribution in [1.82, 2.24) is 0 Å². The molecule has 0 radical (unpaired) electrons. The first-order valence-corrected chi connectivity index (χ1v) is 18.2. The van der Waals surface area contributed by atoms with E-state index >= 15 is 0 Å². The Morgan fingerprint density at radius 2 is 0.545 bits per heavy atom. The Morgan fingerprint density at radius 1 is 0.333 bits per heavy atom. The van der Waals surface area contributed by atoms with Gasteiger partial charge in [-0.15, -0.1) is 0 Å². The molecule has 0 saturated heterocycles. The highest BCUT2D eigenvalue weighted by atomic mass is 28.4. The predicted molar refractivity (Wildman–Crippen MR) is 152 cm³/mol. The normalized spacial score (nSPS) is 12.0. The summed E-state index contributed by atoms with van der Waals surface area (Å²) in [7, 11) is -1.88.